The molecule has 1 aromatic carbocycles. The Labute approximate surface area is 160 Å². The van der Waals surface area contributed by atoms with Gasteiger partial charge in [-0.25, -0.2) is 0 Å². The normalized spacial score (nSPS) is 15.5. The molecule has 1 saturated heterocycles. The topological polar surface area (TPSA) is 84.9 Å². The monoisotopic (exact) mass is 398 g/mol. The summed E-state index contributed by atoms with van der Waals surface area (Å²) in [4.78, 5) is 37.4. The molecule has 9 heteroatoms. The SMILES string of the molecule is CCCNC(=O)CN1C(=O)S/C(=C\c2cc(OC)c(OC)cc2Cl)C1=O. The molecule has 0 bridgehead atoms. The number of ether oxygens (including phenoxy) is 2. The fourth-order valence-electron chi connectivity index (χ4n) is 2.22. The number of carbonyl (C=O) groups is 3. The number of imide groups is 1. The van der Waals surface area contributed by atoms with Gasteiger partial charge in [-0.15, -0.1) is 0 Å². The highest BCUT2D eigenvalue weighted by molar-refractivity contribution is 8.18. The van der Waals surface area contributed by atoms with Gasteiger partial charge in [0.25, 0.3) is 11.1 Å². The summed E-state index contributed by atoms with van der Waals surface area (Å²) in [7, 11) is 2.97. The number of methoxy groups -OCH3 is 2. The van der Waals surface area contributed by atoms with Crippen LogP contribution in [-0.4, -0.2) is 49.3 Å². The van der Waals surface area contributed by atoms with Crippen LogP contribution in [0.15, 0.2) is 17.0 Å². The summed E-state index contributed by atoms with van der Waals surface area (Å²) in [5.41, 5.74) is 0.505. The maximum absolute atomic E-state index is 12.5. The molecule has 1 heterocycles. The zero-order chi connectivity index (χ0) is 19.3. The first-order valence-electron chi connectivity index (χ1n) is 7.84. The van der Waals surface area contributed by atoms with Gasteiger partial charge in [-0.2, -0.15) is 0 Å². The number of halogens is 1. The highest BCUT2D eigenvalue weighted by Crippen LogP contribution is 2.37. The molecule has 1 aliphatic rings. The minimum Gasteiger partial charge on any atom is -0.493 e. The van der Waals surface area contributed by atoms with Crippen molar-refractivity contribution in [1.29, 1.82) is 0 Å². The highest BCUT2D eigenvalue weighted by atomic mass is 35.5. The Bertz CT molecular complexity index is 766. The van der Waals surface area contributed by atoms with Crippen LogP contribution in [0.2, 0.25) is 5.02 Å². The van der Waals surface area contributed by atoms with Crippen LogP contribution in [0.3, 0.4) is 0 Å². The molecular weight excluding hydrogens is 380 g/mol. The molecule has 1 aromatic rings. The second-order valence-corrected chi connectivity index (χ2v) is 6.75. The van der Waals surface area contributed by atoms with Crippen LogP contribution in [0.1, 0.15) is 18.9 Å². The van der Waals surface area contributed by atoms with E-state index in [0.29, 0.717) is 28.6 Å². The third-order valence-electron chi connectivity index (χ3n) is 3.54. The molecule has 140 valence electrons. The molecule has 3 amide bonds. The molecule has 1 N–H and O–H groups in total. The van der Waals surface area contributed by atoms with Crippen LogP contribution in [0.25, 0.3) is 6.08 Å². The van der Waals surface area contributed by atoms with Crippen molar-refractivity contribution in [2.24, 2.45) is 0 Å². The van der Waals surface area contributed by atoms with E-state index in [2.05, 4.69) is 5.32 Å². The Morgan fingerprint density at radius 3 is 2.54 bits per heavy atom. The van der Waals surface area contributed by atoms with Crippen molar-refractivity contribution in [3.05, 3.63) is 27.6 Å². The lowest BCUT2D eigenvalue weighted by Gasteiger charge is -2.12. The number of carbonyl (C=O) groups excluding carboxylic acids is 3. The van der Waals surface area contributed by atoms with E-state index in [9.17, 15) is 14.4 Å². The Balaban J connectivity index is 2.23. The molecule has 0 radical (unpaired) electrons. The molecular formula is C17H19ClN2O5S. The zero-order valence-corrected chi connectivity index (χ0v) is 16.2. The number of benzene rings is 1. The lowest BCUT2D eigenvalue weighted by atomic mass is 10.1. The molecule has 2 rings (SSSR count). The van der Waals surface area contributed by atoms with Crippen molar-refractivity contribution >= 4 is 46.5 Å². The average Bonchev–Trinajstić information content (AvgIpc) is 2.88. The molecule has 0 atom stereocenters. The summed E-state index contributed by atoms with van der Waals surface area (Å²) in [6, 6.07) is 3.18. The molecule has 0 aliphatic carbocycles. The summed E-state index contributed by atoms with van der Waals surface area (Å²) in [6.07, 6.45) is 2.27. The summed E-state index contributed by atoms with van der Waals surface area (Å²) in [6.45, 7) is 2.10. The quantitative estimate of drug-likeness (QED) is 0.711. The van der Waals surface area contributed by atoms with Crippen LogP contribution < -0.4 is 14.8 Å². The fourth-order valence-corrected chi connectivity index (χ4v) is 3.26. The summed E-state index contributed by atoms with van der Waals surface area (Å²) >= 11 is 6.98. The van der Waals surface area contributed by atoms with Crippen molar-refractivity contribution in [2.45, 2.75) is 13.3 Å². The number of thioether (sulfide) groups is 1. The van der Waals surface area contributed by atoms with Gasteiger partial charge in [-0.3, -0.25) is 19.3 Å². The molecule has 1 aliphatic heterocycles. The second kappa shape index (κ2) is 8.95. The van der Waals surface area contributed by atoms with Gasteiger partial charge in [0.1, 0.15) is 6.54 Å². The summed E-state index contributed by atoms with van der Waals surface area (Å²) < 4.78 is 10.4. The van der Waals surface area contributed by atoms with E-state index in [1.807, 2.05) is 6.92 Å². The summed E-state index contributed by atoms with van der Waals surface area (Å²) in [5, 5.41) is 2.48. The van der Waals surface area contributed by atoms with Gasteiger partial charge >= 0.3 is 0 Å². The molecule has 1 fully saturated rings. The molecule has 7 nitrogen and oxygen atoms in total. The average molecular weight is 399 g/mol. The minimum absolute atomic E-state index is 0.187. The van der Waals surface area contributed by atoms with Gasteiger partial charge in [-0.1, -0.05) is 18.5 Å². The Morgan fingerprint density at radius 1 is 1.27 bits per heavy atom. The van der Waals surface area contributed by atoms with Crippen LogP contribution in [-0.2, 0) is 9.59 Å². The predicted octanol–water partition coefficient (Wildman–Crippen LogP) is 2.92. The van der Waals surface area contributed by atoms with E-state index in [4.69, 9.17) is 21.1 Å². The van der Waals surface area contributed by atoms with Crippen LogP contribution in [0, 0.1) is 0 Å². The first-order chi connectivity index (χ1) is 12.4. The number of hydrogen-bond donors (Lipinski definition) is 1. The van der Waals surface area contributed by atoms with Crippen molar-refractivity contribution < 1.29 is 23.9 Å². The number of nitrogens with one attached hydrogen (secondary N) is 1. The van der Waals surface area contributed by atoms with E-state index in [0.717, 1.165) is 23.1 Å². The van der Waals surface area contributed by atoms with Crippen LogP contribution in [0.4, 0.5) is 4.79 Å². The standard InChI is InChI=1S/C17H19ClN2O5S/c1-4-5-19-15(21)9-20-16(22)14(26-17(20)23)7-10-6-12(24-2)13(25-3)8-11(10)18/h6-8H,4-5,9H2,1-3H3,(H,19,21)/b14-7-. The maximum atomic E-state index is 12.5. The van der Waals surface area contributed by atoms with E-state index in [1.165, 1.54) is 20.3 Å². The molecule has 0 unspecified atom stereocenters. The Kier molecular flexibility index (Phi) is 6.93. The Morgan fingerprint density at radius 2 is 1.92 bits per heavy atom. The third kappa shape index (κ3) is 4.50. The predicted molar refractivity (Wildman–Crippen MR) is 101 cm³/mol. The van der Waals surface area contributed by atoms with Gasteiger partial charge in [0.2, 0.25) is 5.91 Å². The number of nitrogens with zero attached hydrogens (tertiary/aromatic N) is 1. The van der Waals surface area contributed by atoms with Gasteiger partial charge in [0, 0.05) is 12.6 Å². The van der Waals surface area contributed by atoms with E-state index in [1.54, 1.807) is 12.1 Å². The highest BCUT2D eigenvalue weighted by Gasteiger charge is 2.36. The molecule has 0 saturated carbocycles. The largest absolute Gasteiger partial charge is 0.493 e. The lowest BCUT2D eigenvalue weighted by molar-refractivity contribution is -0.129. The first kappa shape index (κ1) is 20.1. The summed E-state index contributed by atoms with van der Waals surface area (Å²) in [5.74, 6) is -0.00581. The second-order valence-electron chi connectivity index (χ2n) is 5.35. The maximum Gasteiger partial charge on any atom is 0.294 e. The van der Waals surface area contributed by atoms with Crippen LogP contribution >= 0.6 is 23.4 Å². The molecule has 0 aromatic heterocycles. The van der Waals surface area contributed by atoms with Gasteiger partial charge in [0.15, 0.2) is 11.5 Å². The first-order valence-corrected chi connectivity index (χ1v) is 9.04. The van der Waals surface area contributed by atoms with Crippen LogP contribution in [0.5, 0.6) is 11.5 Å². The smallest absolute Gasteiger partial charge is 0.294 e. The number of hydrogen-bond acceptors (Lipinski definition) is 6. The van der Waals surface area contributed by atoms with Crippen molar-refractivity contribution in [1.82, 2.24) is 10.2 Å². The minimum atomic E-state index is -0.530. The zero-order valence-electron chi connectivity index (χ0n) is 14.6. The number of rotatable bonds is 7. The third-order valence-corrected chi connectivity index (χ3v) is 4.77. The lowest BCUT2D eigenvalue weighted by Crippen LogP contribution is -2.39. The molecule has 26 heavy (non-hydrogen) atoms. The number of amides is 3. The van der Waals surface area contributed by atoms with Crippen molar-refractivity contribution in [3.8, 4) is 11.5 Å². The van der Waals surface area contributed by atoms with E-state index >= 15 is 0 Å². The van der Waals surface area contributed by atoms with Crippen molar-refractivity contribution in [2.75, 3.05) is 27.3 Å². The van der Waals surface area contributed by atoms with Gasteiger partial charge in [0.05, 0.1) is 24.1 Å². The molecule has 0 spiro atoms. The van der Waals surface area contributed by atoms with E-state index in [-0.39, 0.29) is 17.4 Å². The van der Waals surface area contributed by atoms with Gasteiger partial charge in [-0.05, 0) is 35.9 Å². The van der Waals surface area contributed by atoms with E-state index < -0.39 is 11.1 Å². The van der Waals surface area contributed by atoms with Crippen molar-refractivity contribution in [3.63, 3.8) is 0 Å². The Hall–Kier alpha value is -2.19. The fraction of sp³-hybridized carbons (Fsp3) is 0.353. The van der Waals surface area contributed by atoms with Gasteiger partial charge < -0.3 is 14.8 Å².